The average Bonchev–Trinajstić information content (AvgIpc) is 2.40. The minimum Gasteiger partial charge on any atom is -0.381 e. The highest BCUT2D eigenvalue weighted by molar-refractivity contribution is 6.32. The second-order valence-electron chi connectivity index (χ2n) is 4.73. The van der Waals surface area contributed by atoms with E-state index < -0.39 is 0 Å². The summed E-state index contributed by atoms with van der Waals surface area (Å²) in [4.78, 5) is 6.49. The van der Waals surface area contributed by atoms with Crippen molar-refractivity contribution in [3.8, 4) is 0 Å². The number of hydrogen-bond acceptors (Lipinski definition) is 3. The van der Waals surface area contributed by atoms with Gasteiger partial charge in [-0.2, -0.15) is 0 Å². The lowest BCUT2D eigenvalue weighted by molar-refractivity contribution is 0.0576. The minimum atomic E-state index is 0.411. The van der Waals surface area contributed by atoms with Crippen molar-refractivity contribution < 1.29 is 4.74 Å². The summed E-state index contributed by atoms with van der Waals surface area (Å²) in [6, 6.07) is 1.96. The number of pyridine rings is 1. The molecule has 1 aliphatic rings. The van der Waals surface area contributed by atoms with Crippen LogP contribution in [-0.2, 0) is 10.6 Å². The summed E-state index contributed by atoms with van der Waals surface area (Å²) in [5, 5.41) is 0.628. The molecule has 1 unspecified atom stereocenters. The predicted molar refractivity (Wildman–Crippen MR) is 75.6 cm³/mol. The molecule has 0 N–H and O–H groups in total. The summed E-state index contributed by atoms with van der Waals surface area (Å²) in [6.07, 6.45) is 4.04. The molecule has 1 aromatic rings. The number of hydrogen-bond donors (Lipinski definition) is 0. The van der Waals surface area contributed by atoms with Crippen molar-refractivity contribution in [2.24, 2.45) is 5.92 Å². The quantitative estimate of drug-likeness (QED) is 0.795. The largest absolute Gasteiger partial charge is 0.381 e. The Hall–Kier alpha value is -0.510. The second-order valence-corrected chi connectivity index (χ2v) is 5.41. The van der Waals surface area contributed by atoms with Crippen LogP contribution < -0.4 is 4.90 Å². The standard InChI is InChI=1S/C13H18Cl2N2O/c1-17(8-10-3-2-4-18-9-10)13-5-11(6-14)12(15)7-16-13/h5,7,10H,2-4,6,8-9H2,1H3. The lowest BCUT2D eigenvalue weighted by Crippen LogP contribution is -2.31. The summed E-state index contributed by atoms with van der Waals surface area (Å²) >= 11 is 11.9. The molecular formula is C13H18Cl2N2O. The highest BCUT2D eigenvalue weighted by atomic mass is 35.5. The Labute approximate surface area is 118 Å². The third kappa shape index (κ3) is 3.50. The molecule has 2 rings (SSSR count). The first-order chi connectivity index (χ1) is 8.70. The Morgan fingerprint density at radius 3 is 3.06 bits per heavy atom. The van der Waals surface area contributed by atoms with Crippen molar-refractivity contribution >= 4 is 29.0 Å². The summed E-state index contributed by atoms with van der Waals surface area (Å²) in [5.74, 6) is 1.91. The molecule has 1 saturated heterocycles. The molecule has 0 saturated carbocycles. The molecule has 0 spiro atoms. The SMILES string of the molecule is CN(CC1CCCOC1)c1cc(CCl)c(Cl)cn1. The number of ether oxygens (including phenoxy) is 1. The summed E-state index contributed by atoms with van der Waals surface area (Å²) in [6.45, 7) is 2.70. The number of halogens is 2. The van der Waals surface area contributed by atoms with Crippen LogP contribution in [0.5, 0.6) is 0 Å². The third-order valence-corrected chi connectivity index (χ3v) is 3.87. The van der Waals surface area contributed by atoms with Crippen LogP contribution in [0, 0.1) is 5.92 Å². The Kier molecular flexibility index (Phi) is 5.10. The number of alkyl halides is 1. The van der Waals surface area contributed by atoms with E-state index in [1.165, 1.54) is 6.42 Å². The first-order valence-corrected chi connectivity index (χ1v) is 7.11. The number of aromatic nitrogens is 1. The van der Waals surface area contributed by atoms with E-state index in [9.17, 15) is 0 Å². The van der Waals surface area contributed by atoms with E-state index in [-0.39, 0.29) is 0 Å². The first-order valence-electron chi connectivity index (χ1n) is 6.20. The van der Waals surface area contributed by atoms with Crippen LogP contribution in [-0.4, -0.2) is 31.8 Å². The first kappa shape index (κ1) is 13.9. The smallest absolute Gasteiger partial charge is 0.128 e. The van der Waals surface area contributed by atoms with E-state index in [1.54, 1.807) is 6.20 Å². The lowest BCUT2D eigenvalue weighted by atomic mass is 10.0. The van der Waals surface area contributed by atoms with Crippen LogP contribution in [0.3, 0.4) is 0 Å². The second kappa shape index (κ2) is 6.60. The number of nitrogens with zero attached hydrogens (tertiary/aromatic N) is 2. The summed E-state index contributed by atoms with van der Waals surface area (Å²) < 4.78 is 5.49. The molecule has 100 valence electrons. The number of rotatable bonds is 4. The molecule has 3 nitrogen and oxygen atoms in total. The number of anilines is 1. The maximum Gasteiger partial charge on any atom is 0.128 e. The lowest BCUT2D eigenvalue weighted by Gasteiger charge is -2.28. The molecule has 0 aliphatic carbocycles. The molecule has 0 amide bonds. The topological polar surface area (TPSA) is 25.4 Å². The van der Waals surface area contributed by atoms with Crippen molar-refractivity contribution in [1.82, 2.24) is 4.98 Å². The highest BCUT2D eigenvalue weighted by Gasteiger charge is 2.17. The van der Waals surface area contributed by atoms with Crippen molar-refractivity contribution in [1.29, 1.82) is 0 Å². The fourth-order valence-corrected chi connectivity index (χ4v) is 2.67. The highest BCUT2D eigenvalue weighted by Crippen LogP contribution is 2.23. The van der Waals surface area contributed by atoms with Crippen LogP contribution in [0.25, 0.3) is 0 Å². The van der Waals surface area contributed by atoms with Crippen LogP contribution in [0.15, 0.2) is 12.3 Å². The van der Waals surface area contributed by atoms with Crippen LogP contribution >= 0.6 is 23.2 Å². The van der Waals surface area contributed by atoms with Crippen LogP contribution in [0.4, 0.5) is 5.82 Å². The monoisotopic (exact) mass is 288 g/mol. The Morgan fingerprint density at radius 2 is 2.39 bits per heavy atom. The Morgan fingerprint density at radius 1 is 1.56 bits per heavy atom. The Balaban J connectivity index is 2.01. The van der Waals surface area contributed by atoms with Gasteiger partial charge in [0.2, 0.25) is 0 Å². The zero-order valence-electron chi connectivity index (χ0n) is 10.5. The van der Waals surface area contributed by atoms with Gasteiger partial charge in [0.05, 0.1) is 11.6 Å². The van der Waals surface area contributed by atoms with E-state index in [2.05, 4.69) is 9.88 Å². The van der Waals surface area contributed by atoms with Gasteiger partial charge in [0, 0.05) is 32.3 Å². The molecular weight excluding hydrogens is 271 g/mol. The average molecular weight is 289 g/mol. The van der Waals surface area contributed by atoms with Crippen molar-refractivity contribution in [2.75, 3.05) is 31.7 Å². The molecule has 1 aliphatic heterocycles. The molecule has 1 fully saturated rings. The van der Waals surface area contributed by atoms with E-state index in [0.29, 0.717) is 16.8 Å². The van der Waals surface area contributed by atoms with Crippen LogP contribution in [0.1, 0.15) is 18.4 Å². The van der Waals surface area contributed by atoms with Gasteiger partial charge in [-0.1, -0.05) is 11.6 Å². The van der Waals surface area contributed by atoms with Crippen molar-refractivity contribution in [3.05, 3.63) is 22.8 Å². The van der Waals surface area contributed by atoms with Gasteiger partial charge in [0.15, 0.2) is 0 Å². The zero-order valence-corrected chi connectivity index (χ0v) is 12.0. The van der Waals surface area contributed by atoms with E-state index >= 15 is 0 Å². The predicted octanol–water partition coefficient (Wildman–Crippen LogP) is 3.34. The molecule has 2 heterocycles. The van der Waals surface area contributed by atoms with Gasteiger partial charge >= 0.3 is 0 Å². The molecule has 0 aromatic carbocycles. The Bertz CT molecular complexity index is 395. The van der Waals surface area contributed by atoms with Gasteiger partial charge in [0.25, 0.3) is 0 Å². The molecule has 1 aromatic heterocycles. The van der Waals surface area contributed by atoms with Gasteiger partial charge in [-0.15, -0.1) is 11.6 Å². The molecule has 1 atom stereocenters. The normalized spacial score (nSPS) is 19.8. The van der Waals surface area contributed by atoms with E-state index in [1.807, 2.05) is 13.1 Å². The van der Waals surface area contributed by atoms with Crippen molar-refractivity contribution in [3.63, 3.8) is 0 Å². The third-order valence-electron chi connectivity index (χ3n) is 3.24. The van der Waals surface area contributed by atoms with Gasteiger partial charge in [-0.3, -0.25) is 0 Å². The fraction of sp³-hybridized carbons (Fsp3) is 0.615. The zero-order chi connectivity index (χ0) is 13.0. The van der Waals surface area contributed by atoms with Gasteiger partial charge in [0.1, 0.15) is 5.82 Å². The van der Waals surface area contributed by atoms with Crippen molar-refractivity contribution in [2.45, 2.75) is 18.7 Å². The van der Waals surface area contributed by atoms with Gasteiger partial charge in [-0.05, 0) is 30.4 Å². The van der Waals surface area contributed by atoms with Gasteiger partial charge in [-0.25, -0.2) is 4.98 Å². The van der Waals surface area contributed by atoms with Crippen LogP contribution in [0.2, 0.25) is 5.02 Å². The maximum atomic E-state index is 6.01. The van der Waals surface area contributed by atoms with E-state index in [0.717, 1.165) is 37.6 Å². The minimum absolute atomic E-state index is 0.411. The summed E-state index contributed by atoms with van der Waals surface area (Å²) in [7, 11) is 2.04. The van der Waals surface area contributed by atoms with Gasteiger partial charge < -0.3 is 9.64 Å². The maximum absolute atomic E-state index is 6.01. The molecule has 0 radical (unpaired) electrons. The fourth-order valence-electron chi connectivity index (χ4n) is 2.21. The molecule has 0 bridgehead atoms. The summed E-state index contributed by atoms with van der Waals surface area (Å²) in [5.41, 5.74) is 0.926. The molecule has 18 heavy (non-hydrogen) atoms. The van der Waals surface area contributed by atoms with E-state index in [4.69, 9.17) is 27.9 Å². The molecule has 5 heteroatoms.